The predicted molar refractivity (Wildman–Crippen MR) is 98.8 cm³/mol. The smallest absolute Gasteiger partial charge is 0.213 e. The summed E-state index contributed by atoms with van der Waals surface area (Å²) >= 11 is 0. The average molecular weight is 441 g/mol. The van der Waals surface area contributed by atoms with Crippen LogP contribution in [-0.4, -0.2) is 56.7 Å². The second-order valence-corrected chi connectivity index (χ2v) is 18.0. The summed E-state index contributed by atoms with van der Waals surface area (Å²) in [4.78, 5) is 0. The van der Waals surface area contributed by atoms with Crippen LogP contribution in [0.1, 0.15) is 58.8 Å². The lowest BCUT2D eigenvalue weighted by Gasteiger charge is -2.07. The Labute approximate surface area is 150 Å². The van der Waals surface area contributed by atoms with E-state index in [0.717, 1.165) is 0 Å². The van der Waals surface area contributed by atoms with Gasteiger partial charge in [-0.05, 0) is 25.7 Å². The Morgan fingerprint density at radius 2 is 0.640 bits per heavy atom. The van der Waals surface area contributed by atoms with Gasteiger partial charge in [-0.2, -0.15) is 0 Å². The first-order valence-electron chi connectivity index (χ1n) is 8.24. The molecule has 0 spiro atoms. The van der Waals surface area contributed by atoms with Gasteiger partial charge in [-0.15, -0.1) is 0 Å². The van der Waals surface area contributed by atoms with Crippen molar-refractivity contribution >= 4 is 35.5 Å². The molecule has 152 valence electrons. The van der Waals surface area contributed by atoms with Gasteiger partial charge in [0.15, 0.2) is 0 Å². The second-order valence-electron chi connectivity index (χ2n) is 5.81. The first kappa shape index (κ1) is 24.8. The van der Waals surface area contributed by atoms with Gasteiger partial charge >= 0.3 is 0 Å². The van der Waals surface area contributed by atoms with Gasteiger partial charge in [0.1, 0.15) is 0 Å². The molecule has 0 aromatic carbocycles. The van der Waals surface area contributed by atoms with Crippen molar-refractivity contribution < 1.29 is 33.7 Å². The van der Waals surface area contributed by atoms with E-state index in [9.17, 15) is 33.7 Å². The molecule has 0 unspecified atom stereocenters. The Kier molecular flexibility index (Phi) is 10.1. The van der Waals surface area contributed by atoms with E-state index in [1.54, 1.807) is 13.8 Å². The number of unbranched alkanes of at least 4 members (excludes halogenated alkanes) is 4. The van der Waals surface area contributed by atoms with E-state index in [2.05, 4.69) is 0 Å². The van der Waals surface area contributed by atoms with Crippen LogP contribution in [-0.2, 0) is 35.5 Å². The number of hydrogen-bond acceptors (Lipinski definition) is 8. The maximum atomic E-state index is 11.8. The molecule has 0 aliphatic carbocycles. The van der Waals surface area contributed by atoms with E-state index in [-0.39, 0.29) is 32.1 Å². The van der Waals surface area contributed by atoms with Crippen LogP contribution < -0.4 is 0 Å². The highest BCUT2D eigenvalue weighted by atomic mass is 33.2. The molecule has 0 bridgehead atoms. The van der Waals surface area contributed by atoms with Crippen LogP contribution >= 0.6 is 0 Å². The van der Waals surface area contributed by atoms with Crippen molar-refractivity contribution in [2.45, 2.75) is 58.8 Å². The van der Waals surface area contributed by atoms with Gasteiger partial charge in [0.2, 0.25) is 0 Å². The first-order chi connectivity index (χ1) is 11.3. The van der Waals surface area contributed by atoms with Crippen LogP contribution in [0.5, 0.6) is 0 Å². The van der Waals surface area contributed by atoms with Crippen LogP contribution in [0.2, 0.25) is 0 Å². The van der Waals surface area contributed by atoms with E-state index in [1.807, 2.05) is 0 Å². The van der Waals surface area contributed by atoms with Crippen molar-refractivity contribution in [2.24, 2.45) is 0 Å². The zero-order chi connectivity index (χ0) is 19.8. The van der Waals surface area contributed by atoms with Gasteiger partial charge in [0.05, 0.1) is 23.0 Å². The minimum atomic E-state index is -4.28. The molecular formula is C13H28O8S4. The van der Waals surface area contributed by atoms with Crippen molar-refractivity contribution in [3.63, 3.8) is 0 Å². The highest BCUT2D eigenvalue weighted by molar-refractivity contribution is 8.67. The van der Waals surface area contributed by atoms with Crippen LogP contribution in [0.25, 0.3) is 0 Å². The zero-order valence-corrected chi connectivity index (χ0v) is 17.9. The van der Waals surface area contributed by atoms with E-state index < -0.39 is 58.5 Å². The highest BCUT2D eigenvalue weighted by Gasteiger charge is 2.30. The van der Waals surface area contributed by atoms with E-state index in [1.165, 1.54) is 0 Å². The second kappa shape index (κ2) is 10.2. The van der Waals surface area contributed by atoms with Crippen molar-refractivity contribution in [3.8, 4) is 0 Å². The van der Waals surface area contributed by atoms with Gasteiger partial charge < -0.3 is 0 Å². The summed E-state index contributed by atoms with van der Waals surface area (Å²) in [5.74, 6) is -2.00. The third kappa shape index (κ3) is 7.92. The van der Waals surface area contributed by atoms with Crippen molar-refractivity contribution in [1.29, 1.82) is 0 Å². The summed E-state index contributed by atoms with van der Waals surface area (Å²) in [6.07, 6.45) is 1.69. The summed E-state index contributed by atoms with van der Waals surface area (Å²) in [6.45, 7) is 3.49. The van der Waals surface area contributed by atoms with Gasteiger partial charge in [-0.3, -0.25) is 0 Å². The fourth-order valence-electron chi connectivity index (χ4n) is 1.88. The molecule has 0 N–H and O–H groups in total. The zero-order valence-electron chi connectivity index (χ0n) is 14.7. The highest BCUT2D eigenvalue weighted by Crippen LogP contribution is 2.14. The van der Waals surface area contributed by atoms with Crippen molar-refractivity contribution in [1.82, 2.24) is 0 Å². The molecule has 0 radical (unpaired) electrons. The fourth-order valence-corrected chi connectivity index (χ4v) is 9.76. The van der Waals surface area contributed by atoms with Gasteiger partial charge in [-0.25, -0.2) is 33.7 Å². The molecule has 0 fully saturated rings. The summed E-state index contributed by atoms with van der Waals surface area (Å²) < 4.78 is 94.0. The Morgan fingerprint density at radius 3 is 0.880 bits per heavy atom. The van der Waals surface area contributed by atoms with E-state index in [4.69, 9.17) is 0 Å². The molecule has 0 aliphatic heterocycles. The third-order valence-corrected chi connectivity index (χ3v) is 14.9. The topological polar surface area (TPSA) is 137 Å². The maximum absolute atomic E-state index is 11.8. The lowest BCUT2D eigenvalue weighted by molar-refractivity contribution is 0.575. The van der Waals surface area contributed by atoms with Gasteiger partial charge in [0.25, 0.3) is 35.5 Å². The van der Waals surface area contributed by atoms with Crippen LogP contribution in [0.4, 0.5) is 0 Å². The molecule has 0 heterocycles. The van der Waals surface area contributed by atoms with Crippen LogP contribution in [0, 0.1) is 0 Å². The molecule has 0 saturated carbocycles. The van der Waals surface area contributed by atoms with Gasteiger partial charge in [-0.1, -0.05) is 33.1 Å². The Morgan fingerprint density at radius 1 is 0.400 bits per heavy atom. The molecule has 25 heavy (non-hydrogen) atoms. The quantitative estimate of drug-likeness (QED) is 0.291. The van der Waals surface area contributed by atoms with Crippen molar-refractivity contribution in [3.05, 3.63) is 0 Å². The average Bonchev–Trinajstić information content (AvgIpc) is 2.50. The monoisotopic (exact) mass is 440 g/mol. The maximum Gasteiger partial charge on any atom is 0.253 e. The Balaban J connectivity index is 4.51. The molecule has 0 saturated heterocycles. The lowest BCUT2D eigenvalue weighted by atomic mass is 10.3. The summed E-state index contributed by atoms with van der Waals surface area (Å²) in [6, 6.07) is 0. The molecule has 0 aromatic heterocycles. The van der Waals surface area contributed by atoms with E-state index >= 15 is 0 Å². The standard InChI is InChI=1S/C13H28O8S4/c1-3-5-10-22(14,15)24(18,19)12-8-7-9-13-25(20,21)23(16,17)11-6-4-2/h3-13H2,1-2H3. The molecular weight excluding hydrogens is 412 g/mol. The number of hydrogen-bond donors (Lipinski definition) is 0. The molecule has 12 heteroatoms. The lowest BCUT2D eigenvalue weighted by Crippen LogP contribution is -2.23. The van der Waals surface area contributed by atoms with Gasteiger partial charge in [0, 0.05) is 0 Å². The largest absolute Gasteiger partial charge is 0.253 e. The molecule has 0 atom stereocenters. The first-order valence-corrected chi connectivity index (χ1v) is 15.9. The minimum absolute atomic E-state index is 0.0295. The van der Waals surface area contributed by atoms with E-state index in [0.29, 0.717) is 12.8 Å². The summed E-state index contributed by atoms with van der Waals surface area (Å²) in [7, 11) is -17.0. The summed E-state index contributed by atoms with van der Waals surface area (Å²) in [5.41, 5.74) is 0. The Hall–Kier alpha value is -0.200. The fraction of sp³-hybridized carbons (Fsp3) is 1.00. The SMILES string of the molecule is CCCCS(=O)(=O)S(=O)(=O)CCCCCS(=O)(=O)S(=O)(=O)CCCC. The molecule has 0 rings (SSSR count). The minimum Gasteiger partial charge on any atom is -0.213 e. The summed E-state index contributed by atoms with van der Waals surface area (Å²) in [5, 5.41) is 0. The third-order valence-electron chi connectivity index (χ3n) is 3.56. The molecule has 8 nitrogen and oxygen atoms in total. The molecule has 0 aliphatic rings. The normalized spacial score (nSPS) is 13.8. The van der Waals surface area contributed by atoms with Crippen molar-refractivity contribution in [2.75, 3.05) is 23.0 Å². The Bertz CT molecular complexity index is 735. The molecule has 0 aromatic rings. The van der Waals surface area contributed by atoms with Crippen LogP contribution in [0.3, 0.4) is 0 Å². The van der Waals surface area contributed by atoms with Crippen LogP contribution in [0.15, 0.2) is 0 Å². The number of rotatable bonds is 14. The molecule has 0 amide bonds. The predicted octanol–water partition coefficient (Wildman–Crippen LogP) is 1.25.